The first-order valence-electron chi connectivity index (χ1n) is 6.13. The molecule has 0 fully saturated rings. The van der Waals surface area contributed by atoms with Gasteiger partial charge in [0, 0.05) is 18.7 Å². The third kappa shape index (κ3) is 6.62. The summed E-state index contributed by atoms with van der Waals surface area (Å²) in [6.45, 7) is 6.06. The highest BCUT2D eigenvalue weighted by Gasteiger charge is 2.10. The van der Waals surface area contributed by atoms with Crippen molar-refractivity contribution in [2.24, 2.45) is 0 Å². The summed E-state index contributed by atoms with van der Waals surface area (Å²) in [7, 11) is 1.57. The maximum atomic E-state index is 11.6. The van der Waals surface area contributed by atoms with E-state index in [4.69, 9.17) is 9.47 Å². The summed E-state index contributed by atoms with van der Waals surface area (Å²) < 4.78 is 10.1. The van der Waals surface area contributed by atoms with Gasteiger partial charge >= 0.3 is 0 Å². The van der Waals surface area contributed by atoms with E-state index in [0.29, 0.717) is 0 Å². The molecule has 0 spiro atoms. The van der Waals surface area contributed by atoms with Crippen LogP contribution in [0.1, 0.15) is 26.3 Å². The van der Waals surface area contributed by atoms with Gasteiger partial charge < -0.3 is 14.8 Å². The van der Waals surface area contributed by atoms with Crippen LogP contribution in [0.25, 0.3) is 6.08 Å². The van der Waals surface area contributed by atoms with E-state index < -0.39 is 0 Å². The number of nitrogens with one attached hydrogen (secondary N) is 1. The van der Waals surface area contributed by atoms with Gasteiger partial charge in [-0.15, -0.1) is 0 Å². The Bertz CT molecular complexity index is 430. The third-order valence-corrected chi connectivity index (χ3v) is 2.15. The minimum absolute atomic E-state index is 0.104. The lowest BCUT2D eigenvalue weighted by Crippen LogP contribution is -2.39. The molecule has 19 heavy (non-hydrogen) atoms. The van der Waals surface area contributed by atoms with E-state index in [-0.39, 0.29) is 18.2 Å². The number of ether oxygens (including phenoxy) is 2. The highest BCUT2D eigenvalue weighted by Crippen LogP contribution is 2.13. The first kappa shape index (κ1) is 15.2. The van der Waals surface area contributed by atoms with Gasteiger partial charge in [-0.05, 0) is 44.5 Å². The number of rotatable bonds is 5. The van der Waals surface area contributed by atoms with Crippen LogP contribution in [0, 0.1) is 0 Å². The fourth-order valence-electron chi connectivity index (χ4n) is 1.39. The van der Waals surface area contributed by atoms with Crippen LogP contribution in [0.15, 0.2) is 30.3 Å². The molecule has 1 aromatic carbocycles. The molecule has 0 radical (unpaired) electrons. The topological polar surface area (TPSA) is 47.6 Å². The smallest absolute Gasteiger partial charge is 0.244 e. The highest BCUT2D eigenvalue weighted by molar-refractivity contribution is 5.92. The van der Waals surface area contributed by atoms with Crippen molar-refractivity contribution in [1.29, 1.82) is 0 Å². The molecular weight excluding hydrogens is 242 g/mol. The molecule has 0 aliphatic carbocycles. The van der Waals surface area contributed by atoms with Crippen LogP contribution in [0.3, 0.4) is 0 Å². The molecule has 1 amide bonds. The maximum Gasteiger partial charge on any atom is 0.244 e. The Morgan fingerprint density at radius 1 is 1.26 bits per heavy atom. The van der Waals surface area contributed by atoms with Gasteiger partial charge in [0.25, 0.3) is 0 Å². The van der Waals surface area contributed by atoms with Crippen molar-refractivity contribution in [2.45, 2.75) is 26.3 Å². The second kappa shape index (κ2) is 6.95. The molecule has 0 aromatic heterocycles. The summed E-state index contributed by atoms with van der Waals surface area (Å²) in [6.07, 6.45) is 3.29. The Hall–Kier alpha value is -1.81. The standard InChI is InChI=1S/C15H21NO3/c1-15(2,3)16-14(17)10-7-12-5-8-13(9-6-12)19-11-18-4/h5-10H,11H2,1-4H3,(H,16,17)/b10-7+. The van der Waals surface area contributed by atoms with Crippen molar-refractivity contribution in [2.75, 3.05) is 13.9 Å². The van der Waals surface area contributed by atoms with Crippen molar-refractivity contribution in [3.8, 4) is 5.75 Å². The third-order valence-electron chi connectivity index (χ3n) is 2.15. The zero-order valence-corrected chi connectivity index (χ0v) is 11.9. The van der Waals surface area contributed by atoms with E-state index in [2.05, 4.69) is 5.32 Å². The van der Waals surface area contributed by atoms with Crippen molar-refractivity contribution >= 4 is 12.0 Å². The molecular formula is C15H21NO3. The molecule has 4 heteroatoms. The Morgan fingerprint density at radius 3 is 2.42 bits per heavy atom. The van der Waals surface area contributed by atoms with Crippen molar-refractivity contribution < 1.29 is 14.3 Å². The van der Waals surface area contributed by atoms with E-state index in [9.17, 15) is 4.79 Å². The summed E-state index contributed by atoms with van der Waals surface area (Å²) in [5, 5.41) is 2.86. The number of carbonyl (C=O) groups excluding carboxylic acids is 1. The minimum Gasteiger partial charge on any atom is -0.468 e. The molecule has 0 saturated heterocycles. The normalized spacial score (nSPS) is 11.6. The average Bonchev–Trinajstić information content (AvgIpc) is 2.33. The van der Waals surface area contributed by atoms with Crippen LogP contribution < -0.4 is 10.1 Å². The van der Waals surface area contributed by atoms with Crippen LogP contribution in [0.4, 0.5) is 0 Å². The lowest BCUT2D eigenvalue weighted by Gasteiger charge is -2.18. The van der Waals surface area contributed by atoms with E-state index in [1.807, 2.05) is 45.0 Å². The zero-order chi connectivity index (χ0) is 14.3. The first-order valence-corrected chi connectivity index (χ1v) is 6.13. The molecule has 104 valence electrons. The Morgan fingerprint density at radius 2 is 1.89 bits per heavy atom. The van der Waals surface area contributed by atoms with Gasteiger partial charge in [-0.1, -0.05) is 12.1 Å². The summed E-state index contributed by atoms with van der Waals surface area (Å²) in [6, 6.07) is 7.43. The van der Waals surface area contributed by atoms with Gasteiger partial charge in [0.2, 0.25) is 5.91 Å². The van der Waals surface area contributed by atoms with Crippen LogP contribution in [-0.2, 0) is 9.53 Å². The molecule has 0 unspecified atom stereocenters. The maximum absolute atomic E-state index is 11.6. The highest BCUT2D eigenvalue weighted by atomic mass is 16.7. The molecule has 1 aromatic rings. The molecule has 4 nitrogen and oxygen atoms in total. The molecule has 0 aliphatic rings. The fraction of sp³-hybridized carbons (Fsp3) is 0.400. The van der Waals surface area contributed by atoms with Gasteiger partial charge in [0.15, 0.2) is 6.79 Å². The van der Waals surface area contributed by atoms with Crippen molar-refractivity contribution in [3.05, 3.63) is 35.9 Å². The van der Waals surface area contributed by atoms with Crippen molar-refractivity contribution in [3.63, 3.8) is 0 Å². The molecule has 1 rings (SSSR count). The number of benzene rings is 1. The first-order chi connectivity index (χ1) is 8.90. The number of amides is 1. The van der Waals surface area contributed by atoms with E-state index in [1.165, 1.54) is 6.08 Å². The van der Waals surface area contributed by atoms with E-state index >= 15 is 0 Å². The summed E-state index contributed by atoms with van der Waals surface area (Å²) in [5.41, 5.74) is 0.716. The van der Waals surface area contributed by atoms with Crippen LogP contribution in [0.2, 0.25) is 0 Å². The van der Waals surface area contributed by atoms with Gasteiger partial charge in [0.1, 0.15) is 5.75 Å². The minimum atomic E-state index is -0.223. The van der Waals surface area contributed by atoms with Crippen LogP contribution in [0.5, 0.6) is 5.75 Å². The Labute approximate surface area is 114 Å². The lowest BCUT2D eigenvalue weighted by molar-refractivity contribution is -0.117. The Kier molecular flexibility index (Phi) is 5.57. The lowest BCUT2D eigenvalue weighted by atomic mass is 10.1. The molecule has 0 heterocycles. The largest absolute Gasteiger partial charge is 0.468 e. The second-order valence-electron chi connectivity index (χ2n) is 5.19. The monoisotopic (exact) mass is 263 g/mol. The second-order valence-corrected chi connectivity index (χ2v) is 5.19. The number of hydrogen-bond acceptors (Lipinski definition) is 3. The summed E-state index contributed by atoms with van der Waals surface area (Å²) in [4.78, 5) is 11.6. The SMILES string of the molecule is COCOc1ccc(/C=C/C(=O)NC(C)(C)C)cc1. The van der Waals surface area contributed by atoms with Gasteiger partial charge in [-0.25, -0.2) is 0 Å². The molecule has 0 bridgehead atoms. The predicted molar refractivity (Wildman–Crippen MR) is 75.9 cm³/mol. The molecule has 1 N–H and O–H groups in total. The summed E-state index contributed by atoms with van der Waals surface area (Å²) >= 11 is 0. The van der Waals surface area contributed by atoms with E-state index in [1.54, 1.807) is 13.2 Å². The van der Waals surface area contributed by atoms with Crippen LogP contribution >= 0.6 is 0 Å². The average molecular weight is 263 g/mol. The van der Waals surface area contributed by atoms with Crippen molar-refractivity contribution in [1.82, 2.24) is 5.32 Å². The number of carbonyl (C=O) groups is 1. The number of hydrogen-bond donors (Lipinski definition) is 1. The number of methoxy groups -OCH3 is 1. The van der Waals surface area contributed by atoms with Gasteiger partial charge in [-0.3, -0.25) is 4.79 Å². The zero-order valence-electron chi connectivity index (χ0n) is 11.9. The summed E-state index contributed by atoms with van der Waals surface area (Å²) in [5.74, 6) is 0.630. The van der Waals surface area contributed by atoms with E-state index in [0.717, 1.165) is 11.3 Å². The molecule has 0 aliphatic heterocycles. The fourth-order valence-corrected chi connectivity index (χ4v) is 1.39. The molecule has 0 saturated carbocycles. The molecule has 0 atom stereocenters. The van der Waals surface area contributed by atoms with Gasteiger partial charge in [-0.2, -0.15) is 0 Å². The van der Waals surface area contributed by atoms with Crippen LogP contribution in [-0.4, -0.2) is 25.3 Å². The Balaban J connectivity index is 2.55. The predicted octanol–water partition coefficient (Wildman–Crippen LogP) is 2.60. The quantitative estimate of drug-likeness (QED) is 0.656. The van der Waals surface area contributed by atoms with Gasteiger partial charge in [0.05, 0.1) is 0 Å².